The van der Waals surface area contributed by atoms with Crippen LogP contribution in [0.25, 0.3) is 0 Å². The highest BCUT2D eigenvalue weighted by molar-refractivity contribution is 5.35. The van der Waals surface area contributed by atoms with Crippen LogP contribution >= 0.6 is 0 Å². The molecule has 0 fully saturated rings. The summed E-state index contributed by atoms with van der Waals surface area (Å²) < 4.78 is 4.86. The zero-order chi connectivity index (χ0) is 8.97. The number of hydrogen-bond acceptors (Lipinski definition) is 3. The fourth-order valence-corrected chi connectivity index (χ4v) is 0.985. The van der Waals surface area contributed by atoms with Crippen LogP contribution in [0.1, 0.15) is 11.1 Å². The van der Waals surface area contributed by atoms with Crippen molar-refractivity contribution in [3.8, 4) is 5.75 Å². The number of phenolic OH excluding ortho intramolecular Hbond substituents is 1. The lowest BCUT2D eigenvalue weighted by Crippen LogP contribution is -1.90. The van der Waals surface area contributed by atoms with E-state index in [1.54, 1.807) is 19.2 Å². The molecule has 1 aromatic carbocycles. The maximum absolute atomic E-state index is 9.36. The molecule has 0 amide bonds. The Morgan fingerprint density at radius 3 is 2.67 bits per heavy atom. The van der Waals surface area contributed by atoms with E-state index in [9.17, 15) is 5.11 Å². The van der Waals surface area contributed by atoms with Gasteiger partial charge in [0.1, 0.15) is 5.75 Å². The SMILES string of the molecule is COCc1ccc(CO)cc1O. The molecule has 0 unspecified atom stereocenters. The van der Waals surface area contributed by atoms with Gasteiger partial charge in [-0.1, -0.05) is 12.1 Å². The summed E-state index contributed by atoms with van der Waals surface area (Å²) in [6.45, 7) is 0.332. The molecular formula is C9H12O3. The molecule has 2 N–H and O–H groups in total. The molecule has 0 heterocycles. The van der Waals surface area contributed by atoms with Gasteiger partial charge >= 0.3 is 0 Å². The summed E-state index contributed by atoms with van der Waals surface area (Å²) >= 11 is 0. The molecule has 0 saturated heterocycles. The Hall–Kier alpha value is -1.06. The molecule has 0 aliphatic carbocycles. The summed E-state index contributed by atoms with van der Waals surface area (Å²) in [6.07, 6.45) is 0. The first-order valence-corrected chi connectivity index (χ1v) is 3.68. The highest BCUT2D eigenvalue weighted by Crippen LogP contribution is 2.19. The maximum Gasteiger partial charge on any atom is 0.121 e. The van der Waals surface area contributed by atoms with Crippen LogP contribution in [-0.4, -0.2) is 17.3 Å². The number of hydrogen-bond donors (Lipinski definition) is 2. The average molecular weight is 168 g/mol. The van der Waals surface area contributed by atoms with E-state index >= 15 is 0 Å². The Morgan fingerprint density at radius 2 is 2.17 bits per heavy atom. The Morgan fingerprint density at radius 1 is 1.42 bits per heavy atom. The van der Waals surface area contributed by atoms with Crippen molar-refractivity contribution in [2.75, 3.05) is 7.11 Å². The van der Waals surface area contributed by atoms with Crippen molar-refractivity contribution in [1.82, 2.24) is 0 Å². The smallest absolute Gasteiger partial charge is 0.121 e. The Kier molecular flexibility index (Phi) is 3.08. The van der Waals surface area contributed by atoms with Crippen LogP contribution in [-0.2, 0) is 18.0 Å². The monoisotopic (exact) mass is 168 g/mol. The molecule has 0 saturated carbocycles. The van der Waals surface area contributed by atoms with Gasteiger partial charge in [-0.2, -0.15) is 0 Å². The van der Waals surface area contributed by atoms with Crippen LogP contribution in [0.2, 0.25) is 0 Å². The predicted octanol–water partition coefficient (Wildman–Crippen LogP) is 1.03. The Labute approximate surface area is 71.2 Å². The fourth-order valence-electron chi connectivity index (χ4n) is 0.985. The molecule has 0 aliphatic heterocycles. The van der Waals surface area contributed by atoms with Gasteiger partial charge in [-0.05, 0) is 11.6 Å². The number of methoxy groups -OCH3 is 1. The highest BCUT2D eigenvalue weighted by Gasteiger charge is 2.00. The lowest BCUT2D eigenvalue weighted by atomic mass is 10.1. The van der Waals surface area contributed by atoms with E-state index in [4.69, 9.17) is 9.84 Å². The van der Waals surface area contributed by atoms with Crippen LogP contribution in [0.15, 0.2) is 18.2 Å². The zero-order valence-electron chi connectivity index (χ0n) is 6.95. The summed E-state index contributed by atoms with van der Waals surface area (Å²) in [4.78, 5) is 0. The minimum absolute atomic E-state index is 0.0547. The van der Waals surface area contributed by atoms with Crippen LogP contribution in [0, 0.1) is 0 Å². The topological polar surface area (TPSA) is 49.7 Å². The van der Waals surface area contributed by atoms with Gasteiger partial charge in [0.15, 0.2) is 0 Å². The van der Waals surface area contributed by atoms with Gasteiger partial charge < -0.3 is 14.9 Å². The third-order valence-corrected chi connectivity index (χ3v) is 1.63. The van der Waals surface area contributed by atoms with Gasteiger partial charge in [-0.25, -0.2) is 0 Å². The summed E-state index contributed by atoms with van der Waals surface area (Å²) in [7, 11) is 1.57. The molecule has 0 radical (unpaired) electrons. The van der Waals surface area contributed by atoms with Gasteiger partial charge in [0.25, 0.3) is 0 Å². The lowest BCUT2D eigenvalue weighted by molar-refractivity contribution is 0.182. The minimum Gasteiger partial charge on any atom is -0.508 e. The van der Waals surface area contributed by atoms with E-state index in [-0.39, 0.29) is 12.4 Å². The largest absolute Gasteiger partial charge is 0.508 e. The molecule has 66 valence electrons. The van der Waals surface area contributed by atoms with E-state index in [1.807, 2.05) is 0 Å². The zero-order valence-corrected chi connectivity index (χ0v) is 6.95. The van der Waals surface area contributed by atoms with Crippen molar-refractivity contribution >= 4 is 0 Å². The molecule has 3 heteroatoms. The van der Waals surface area contributed by atoms with Gasteiger partial charge in [0.2, 0.25) is 0 Å². The summed E-state index contributed by atoms with van der Waals surface area (Å²) in [5, 5.41) is 18.1. The summed E-state index contributed by atoms with van der Waals surface area (Å²) in [5.41, 5.74) is 1.43. The Bertz CT molecular complexity index is 258. The average Bonchev–Trinajstić information content (AvgIpc) is 2.09. The van der Waals surface area contributed by atoms with Crippen molar-refractivity contribution in [3.63, 3.8) is 0 Å². The third-order valence-electron chi connectivity index (χ3n) is 1.63. The molecule has 0 aromatic heterocycles. The van der Waals surface area contributed by atoms with E-state index < -0.39 is 0 Å². The molecule has 12 heavy (non-hydrogen) atoms. The molecular weight excluding hydrogens is 156 g/mol. The van der Waals surface area contributed by atoms with Gasteiger partial charge in [-0.15, -0.1) is 0 Å². The van der Waals surface area contributed by atoms with Gasteiger partial charge in [-0.3, -0.25) is 0 Å². The lowest BCUT2D eigenvalue weighted by Gasteiger charge is -2.04. The first kappa shape index (κ1) is 9.03. The highest BCUT2D eigenvalue weighted by atomic mass is 16.5. The second-order valence-electron chi connectivity index (χ2n) is 2.55. The number of ether oxygens (including phenoxy) is 1. The van der Waals surface area contributed by atoms with Crippen LogP contribution < -0.4 is 0 Å². The summed E-state index contributed by atoms with van der Waals surface area (Å²) in [6, 6.07) is 5.03. The van der Waals surface area contributed by atoms with Crippen molar-refractivity contribution in [2.45, 2.75) is 13.2 Å². The Balaban J connectivity index is 2.87. The van der Waals surface area contributed by atoms with Crippen LogP contribution in [0.4, 0.5) is 0 Å². The summed E-state index contributed by atoms with van der Waals surface area (Å²) in [5.74, 6) is 0.170. The number of aliphatic hydroxyl groups excluding tert-OH is 1. The first-order valence-electron chi connectivity index (χ1n) is 3.68. The molecule has 0 aliphatic rings. The van der Waals surface area contributed by atoms with Crippen molar-refractivity contribution in [1.29, 1.82) is 0 Å². The van der Waals surface area contributed by atoms with E-state index in [0.29, 0.717) is 12.2 Å². The number of rotatable bonds is 3. The molecule has 0 spiro atoms. The number of aromatic hydroxyl groups is 1. The van der Waals surface area contributed by atoms with Crippen LogP contribution in [0.5, 0.6) is 5.75 Å². The maximum atomic E-state index is 9.36. The predicted molar refractivity (Wildman–Crippen MR) is 44.7 cm³/mol. The molecule has 0 atom stereocenters. The van der Waals surface area contributed by atoms with Gasteiger partial charge in [0, 0.05) is 12.7 Å². The molecule has 1 aromatic rings. The fraction of sp³-hybridized carbons (Fsp3) is 0.333. The van der Waals surface area contributed by atoms with E-state index in [0.717, 1.165) is 5.56 Å². The van der Waals surface area contributed by atoms with Crippen molar-refractivity contribution < 1.29 is 14.9 Å². The molecule has 1 rings (SSSR count). The van der Waals surface area contributed by atoms with Gasteiger partial charge in [0.05, 0.1) is 13.2 Å². The molecule has 3 nitrogen and oxygen atoms in total. The van der Waals surface area contributed by atoms with E-state index in [2.05, 4.69) is 0 Å². The number of aliphatic hydroxyl groups is 1. The standard InChI is InChI=1S/C9H12O3/c1-12-6-8-3-2-7(5-10)4-9(8)11/h2-4,10-11H,5-6H2,1H3. The van der Waals surface area contributed by atoms with Crippen molar-refractivity contribution in [2.24, 2.45) is 0 Å². The number of phenols is 1. The second-order valence-corrected chi connectivity index (χ2v) is 2.55. The van der Waals surface area contributed by atoms with E-state index in [1.165, 1.54) is 6.07 Å². The minimum atomic E-state index is -0.0547. The quantitative estimate of drug-likeness (QED) is 0.708. The molecule has 0 bridgehead atoms. The normalized spacial score (nSPS) is 10.2. The first-order chi connectivity index (χ1) is 5.77. The second kappa shape index (κ2) is 4.09. The third kappa shape index (κ3) is 1.96. The van der Waals surface area contributed by atoms with Crippen LogP contribution in [0.3, 0.4) is 0 Å². The van der Waals surface area contributed by atoms with Crippen molar-refractivity contribution in [3.05, 3.63) is 29.3 Å². The number of benzene rings is 1.